The number of hydrogen-bond acceptors (Lipinski definition) is 3. The Hall–Kier alpha value is -1.62. The van der Waals surface area contributed by atoms with E-state index in [1.165, 1.54) is 18.2 Å². The van der Waals surface area contributed by atoms with Crippen LogP contribution < -0.4 is 11.1 Å². The van der Waals surface area contributed by atoms with E-state index in [2.05, 4.69) is 10.2 Å². The van der Waals surface area contributed by atoms with Crippen molar-refractivity contribution in [3.63, 3.8) is 0 Å². The van der Waals surface area contributed by atoms with Crippen LogP contribution in [0.5, 0.6) is 0 Å². The van der Waals surface area contributed by atoms with Gasteiger partial charge in [0.25, 0.3) is 0 Å². The van der Waals surface area contributed by atoms with E-state index in [-0.39, 0.29) is 17.6 Å². The molecule has 1 atom stereocenters. The van der Waals surface area contributed by atoms with Crippen LogP contribution >= 0.6 is 0 Å². The molecule has 1 unspecified atom stereocenters. The highest BCUT2D eigenvalue weighted by atomic mass is 19.1. The highest BCUT2D eigenvalue weighted by Crippen LogP contribution is 2.18. The van der Waals surface area contributed by atoms with Crippen molar-refractivity contribution < 1.29 is 9.18 Å². The van der Waals surface area contributed by atoms with Crippen molar-refractivity contribution in [3.8, 4) is 0 Å². The van der Waals surface area contributed by atoms with Gasteiger partial charge in [0, 0.05) is 5.69 Å². The van der Waals surface area contributed by atoms with Crippen molar-refractivity contribution in [1.29, 1.82) is 0 Å². The van der Waals surface area contributed by atoms with E-state index >= 15 is 0 Å². The molecule has 1 aliphatic rings. The predicted octanol–water partition coefficient (Wildman–Crippen LogP) is 1.83. The lowest BCUT2D eigenvalue weighted by Gasteiger charge is -2.22. The number of nitrogens with two attached hydrogens (primary N) is 1. The average Bonchev–Trinajstić information content (AvgIpc) is 2.86. The van der Waals surface area contributed by atoms with Crippen molar-refractivity contribution in [2.45, 2.75) is 25.8 Å². The minimum Gasteiger partial charge on any atom is -0.396 e. The van der Waals surface area contributed by atoms with Gasteiger partial charge in [-0.05, 0) is 51.1 Å². The summed E-state index contributed by atoms with van der Waals surface area (Å²) in [5.74, 6) is -0.552. The van der Waals surface area contributed by atoms with Crippen molar-refractivity contribution >= 4 is 17.3 Å². The molecule has 1 fully saturated rings. The molecule has 1 heterocycles. The summed E-state index contributed by atoms with van der Waals surface area (Å²) in [4.78, 5) is 14.1. The zero-order chi connectivity index (χ0) is 13.1. The number of likely N-dealkylation sites (tertiary alicyclic amines) is 1. The molecular weight excluding hydrogens is 233 g/mol. The summed E-state index contributed by atoms with van der Waals surface area (Å²) < 4.78 is 13.0. The number of nitrogens with one attached hydrogen (secondary N) is 1. The van der Waals surface area contributed by atoms with Gasteiger partial charge in [-0.3, -0.25) is 9.69 Å². The molecule has 98 valence electrons. The van der Waals surface area contributed by atoms with E-state index in [0.29, 0.717) is 5.69 Å². The summed E-state index contributed by atoms with van der Waals surface area (Å²) in [6, 6.07) is 4.04. The predicted molar refractivity (Wildman–Crippen MR) is 69.7 cm³/mol. The summed E-state index contributed by atoms with van der Waals surface area (Å²) in [6.45, 7) is 3.80. The fourth-order valence-corrected chi connectivity index (χ4v) is 2.16. The average molecular weight is 251 g/mol. The zero-order valence-electron chi connectivity index (χ0n) is 10.4. The largest absolute Gasteiger partial charge is 0.396 e. The Morgan fingerprint density at radius 2 is 2.11 bits per heavy atom. The summed E-state index contributed by atoms with van der Waals surface area (Å²) in [6.07, 6.45) is 2.28. The molecule has 1 saturated heterocycles. The van der Waals surface area contributed by atoms with Gasteiger partial charge in [0.2, 0.25) is 5.91 Å². The van der Waals surface area contributed by atoms with Gasteiger partial charge in [-0.2, -0.15) is 0 Å². The third-order valence-electron chi connectivity index (χ3n) is 3.33. The number of rotatable bonds is 3. The monoisotopic (exact) mass is 251 g/mol. The van der Waals surface area contributed by atoms with E-state index in [4.69, 9.17) is 5.73 Å². The number of hydrogen-bond donors (Lipinski definition) is 2. The summed E-state index contributed by atoms with van der Waals surface area (Å²) in [5.41, 5.74) is 6.03. The van der Waals surface area contributed by atoms with E-state index in [9.17, 15) is 9.18 Å². The maximum atomic E-state index is 13.0. The van der Waals surface area contributed by atoms with E-state index in [1.54, 1.807) is 0 Å². The van der Waals surface area contributed by atoms with Crippen molar-refractivity contribution in [2.75, 3.05) is 24.1 Å². The minimum absolute atomic E-state index is 0.0432. The Kier molecular flexibility index (Phi) is 3.81. The SMILES string of the molecule is CC(C(=O)Nc1ccc(F)c(N)c1)N1CCCC1. The minimum atomic E-state index is -0.472. The number of carbonyl (C=O) groups excluding carboxylic acids is 1. The lowest BCUT2D eigenvalue weighted by Crippen LogP contribution is -2.40. The number of carbonyl (C=O) groups is 1. The normalized spacial score (nSPS) is 17.7. The standard InChI is InChI=1S/C13H18FN3O/c1-9(17-6-2-3-7-17)13(18)16-10-4-5-11(14)12(15)8-10/h4-5,8-9H,2-3,6-7,15H2,1H3,(H,16,18). The molecule has 2 rings (SSSR count). The number of amides is 1. The first-order valence-corrected chi connectivity index (χ1v) is 6.18. The molecule has 0 spiro atoms. The Labute approximate surface area is 106 Å². The lowest BCUT2D eigenvalue weighted by molar-refractivity contribution is -0.120. The second-order valence-electron chi connectivity index (χ2n) is 4.64. The number of nitrogens with zero attached hydrogens (tertiary/aromatic N) is 1. The number of nitrogen functional groups attached to an aromatic ring is 1. The zero-order valence-corrected chi connectivity index (χ0v) is 10.4. The van der Waals surface area contributed by atoms with Crippen LogP contribution in [0.15, 0.2) is 18.2 Å². The molecule has 1 aliphatic heterocycles. The van der Waals surface area contributed by atoms with Gasteiger partial charge in [0.15, 0.2) is 0 Å². The molecular formula is C13H18FN3O. The molecule has 3 N–H and O–H groups in total. The third kappa shape index (κ3) is 2.79. The van der Waals surface area contributed by atoms with Crippen LogP contribution in [-0.4, -0.2) is 29.9 Å². The molecule has 5 heteroatoms. The molecule has 4 nitrogen and oxygen atoms in total. The molecule has 0 bridgehead atoms. The second kappa shape index (κ2) is 5.35. The van der Waals surface area contributed by atoms with Gasteiger partial charge in [-0.15, -0.1) is 0 Å². The second-order valence-corrected chi connectivity index (χ2v) is 4.64. The van der Waals surface area contributed by atoms with Gasteiger partial charge in [-0.1, -0.05) is 0 Å². The summed E-state index contributed by atoms with van der Waals surface area (Å²) in [7, 11) is 0. The van der Waals surface area contributed by atoms with Crippen molar-refractivity contribution in [2.24, 2.45) is 0 Å². The van der Waals surface area contributed by atoms with Gasteiger partial charge < -0.3 is 11.1 Å². The van der Waals surface area contributed by atoms with E-state index in [1.807, 2.05) is 6.92 Å². The van der Waals surface area contributed by atoms with Crippen LogP contribution in [0.1, 0.15) is 19.8 Å². The van der Waals surface area contributed by atoms with Crippen LogP contribution in [-0.2, 0) is 4.79 Å². The maximum absolute atomic E-state index is 13.0. The van der Waals surface area contributed by atoms with Gasteiger partial charge in [0.1, 0.15) is 5.82 Å². The van der Waals surface area contributed by atoms with Crippen LogP contribution in [0.4, 0.5) is 15.8 Å². The molecule has 0 saturated carbocycles. The third-order valence-corrected chi connectivity index (χ3v) is 3.33. The lowest BCUT2D eigenvalue weighted by atomic mass is 10.2. The Balaban J connectivity index is 1.99. The Bertz CT molecular complexity index is 444. The van der Waals surface area contributed by atoms with E-state index in [0.717, 1.165) is 25.9 Å². The number of anilines is 2. The fourth-order valence-electron chi connectivity index (χ4n) is 2.16. The molecule has 1 aromatic rings. The van der Waals surface area contributed by atoms with Crippen LogP contribution in [0.3, 0.4) is 0 Å². The molecule has 1 amide bonds. The first-order chi connectivity index (χ1) is 8.58. The molecule has 1 aromatic carbocycles. The first kappa shape index (κ1) is 12.8. The smallest absolute Gasteiger partial charge is 0.241 e. The molecule has 18 heavy (non-hydrogen) atoms. The number of benzene rings is 1. The van der Waals surface area contributed by atoms with Gasteiger partial charge in [0.05, 0.1) is 11.7 Å². The van der Waals surface area contributed by atoms with Gasteiger partial charge >= 0.3 is 0 Å². The van der Waals surface area contributed by atoms with Crippen LogP contribution in [0.2, 0.25) is 0 Å². The quantitative estimate of drug-likeness (QED) is 0.806. The van der Waals surface area contributed by atoms with E-state index < -0.39 is 5.82 Å². The Morgan fingerprint density at radius 1 is 1.44 bits per heavy atom. The molecule has 0 aromatic heterocycles. The fraction of sp³-hybridized carbons (Fsp3) is 0.462. The van der Waals surface area contributed by atoms with Crippen LogP contribution in [0.25, 0.3) is 0 Å². The highest BCUT2D eigenvalue weighted by molar-refractivity contribution is 5.94. The number of halogens is 1. The Morgan fingerprint density at radius 3 is 2.72 bits per heavy atom. The topological polar surface area (TPSA) is 58.4 Å². The molecule has 0 aliphatic carbocycles. The first-order valence-electron chi connectivity index (χ1n) is 6.18. The highest BCUT2D eigenvalue weighted by Gasteiger charge is 2.23. The maximum Gasteiger partial charge on any atom is 0.241 e. The van der Waals surface area contributed by atoms with Crippen LogP contribution in [0, 0.1) is 5.82 Å². The van der Waals surface area contributed by atoms with Crippen molar-refractivity contribution in [1.82, 2.24) is 4.90 Å². The summed E-state index contributed by atoms with van der Waals surface area (Å²) in [5, 5.41) is 2.76. The molecule has 0 radical (unpaired) electrons. The van der Waals surface area contributed by atoms with Gasteiger partial charge in [-0.25, -0.2) is 4.39 Å². The van der Waals surface area contributed by atoms with Crippen molar-refractivity contribution in [3.05, 3.63) is 24.0 Å². The summed E-state index contributed by atoms with van der Waals surface area (Å²) >= 11 is 0.